The van der Waals surface area contributed by atoms with E-state index in [0.717, 1.165) is 30.0 Å². The van der Waals surface area contributed by atoms with Gasteiger partial charge in [0.05, 0.1) is 15.8 Å². The largest absolute Gasteiger partial charge is 0.492 e. The predicted octanol–water partition coefficient (Wildman–Crippen LogP) is 4.11. The molecule has 0 aliphatic carbocycles. The third-order valence-electron chi connectivity index (χ3n) is 5.75. The summed E-state index contributed by atoms with van der Waals surface area (Å²) in [5.41, 5.74) is 3.53. The molecule has 1 aliphatic heterocycles. The summed E-state index contributed by atoms with van der Waals surface area (Å²) < 4.78 is 1.50. The van der Waals surface area contributed by atoms with Crippen molar-refractivity contribution in [1.29, 1.82) is 0 Å². The zero-order chi connectivity index (χ0) is 21.5. The third kappa shape index (κ3) is 3.45. The molecule has 0 unspecified atom stereocenters. The molecule has 9 heteroatoms. The van der Waals surface area contributed by atoms with Gasteiger partial charge in [0.25, 0.3) is 5.69 Å². The van der Waals surface area contributed by atoms with E-state index in [9.17, 15) is 15.2 Å². The minimum Gasteiger partial charge on any atom is -0.492 e. The van der Waals surface area contributed by atoms with Gasteiger partial charge in [-0.05, 0) is 23.1 Å². The van der Waals surface area contributed by atoms with E-state index in [-0.39, 0.29) is 17.6 Å². The summed E-state index contributed by atoms with van der Waals surface area (Å²) in [6, 6.07) is 14.7. The average molecular weight is 436 g/mol. The van der Waals surface area contributed by atoms with Crippen molar-refractivity contribution in [2.75, 3.05) is 6.54 Å². The van der Waals surface area contributed by atoms with Gasteiger partial charge in [-0.1, -0.05) is 54.7 Å². The molecule has 1 N–H and O–H groups in total. The summed E-state index contributed by atoms with van der Waals surface area (Å²) >= 11 is 1.41. The van der Waals surface area contributed by atoms with Crippen LogP contribution in [0.1, 0.15) is 40.4 Å². The second kappa shape index (κ2) is 7.75. The lowest BCUT2D eigenvalue weighted by molar-refractivity contribution is -0.384. The van der Waals surface area contributed by atoms with E-state index in [2.05, 4.69) is 33.2 Å². The third-order valence-corrected chi connectivity index (χ3v) is 6.83. The number of aromatic hydroxyl groups is 1. The number of aryl methyl sites for hydroxylation is 1. The number of hydrogen-bond acceptors (Lipinski definition) is 7. The van der Waals surface area contributed by atoms with E-state index in [1.54, 1.807) is 12.1 Å². The van der Waals surface area contributed by atoms with Crippen LogP contribution < -0.4 is 0 Å². The molecule has 158 valence electrons. The fourth-order valence-electron chi connectivity index (χ4n) is 4.16. The van der Waals surface area contributed by atoms with Gasteiger partial charge in [-0.2, -0.15) is 4.52 Å². The Bertz CT molecular complexity index is 1260. The van der Waals surface area contributed by atoms with Gasteiger partial charge in [-0.15, -0.1) is 5.10 Å². The van der Waals surface area contributed by atoms with Crippen LogP contribution in [0.15, 0.2) is 48.5 Å². The number of nitrogens with zero attached hydrogens (tertiary/aromatic N) is 5. The molecule has 31 heavy (non-hydrogen) atoms. The van der Waals surface area contributed by atoms with Gasteiger partial charge in [0.1, 0.15) is 0 Å². The zero-order valence-electron chi connectivity index (χ0n) is 16.9. The van der Waals surface area contributed by atoms with E-state index < -0.39 is 4.92 Å². The fraction of sp³-hybridized carbons (Fsp3) is 0.273. The van der Waals surface area contributed by atoms with Gasteiger partial charge >= 0.3 is 0 Å². The molecule has 0 amide bonds. The summed E-state index contributed by atoms with van der Waals surface area (Å²) in [5, 5.41) is 26.6. The molecule has 3 heterocycles. The van der Waals surface area contributed by atoms with E-state index in [4.69, 9.17) is 0 Å². The van der Waals surface area contributed by atoms with Crippen LogP contribution in [-0.2, 0) is 19.4 Å². The second-order valence-corrected chi connectivity index (χ2v) is 8.62. The first-order valence-electron chi connectivity index (χ1n) is 10.2. The van der Waals surface area contributed by atoms with Crippen molar-refractivity contribution in [3.8, 4) is 5.88 Å². The minimum atomic E-state index is -0.400. The monoisotopic (exact) mass is 435 g/mol. The van der Waals surface area contributed by atoms with Crippen LogP contribution in [0.2, 0.25) is 0 Å². The van der Waals surface area contributed by atoms with Gasteiger partial charge in [0.2, 0.25) is 10.8 Å². The SMILES string of the molecule is CCc1nc2sc([C@@H](c3ccc([N+](=O)[O-])cc3)N3CCc4ccccc4C3)c(O)n2n1. The van der Waals surface area contributed by atoms with Crippen LogP contribution in [0.3, 0.4) is 0 Å². The molecule has 1 aliphatic rings. The highest BCUT2D eigenvalue weighted by molar-refractivity contribution is 7.17. The number of fused-ring (bicyclic) bond motifs is 2. The lowest BCUT2D eigenvalue weighted by Crippen LogP contribution is -2.34. The maximum Gasteiger partial charge on any atom is 0.269 e. The maximum atomic E-state index is 11.1. The molecule has 0 spiro atoms. The Balaban J connectivity index is 1.60. The number of nitro benzene ring substituents is 1. The molecule has 0 saturated carbocycles. The number of benzene rings is 2. The Labute approximate surface area is 182 Å². The molecule has 0 saturated heterocycles. The molecular formula is C22H21N5O3S. The molecule has 0 radical (unpaired) electrons. The standard InChI is InChI=1S/C22H21N5O3S/c1-2-18-23-22-26(24-18)21(28)20(31-22)19(15-7-9-17(10-8-15)27(29)30)25-12-11-14-5-3-4-6-16(14)13-25/h3-10,19,28H,2,11-13H2,1H3/t19-/m1/s1. The highest BCUT2D eigenvalue weighted by Gasteiger charge is 2.32. The Hall–Kier alpha value is -3.30. The van der Waals surface area contributed by atoms with Gasteiger partial charge < -0.3 is 5.11 Å². The van der Waals surface area contributed by atoms with Crippen molar-refractivity contribution in [3.05, 3.63) is 86.0 Å². The summed E-state index contributed by atoms with van der Waals surface area (Å²) in [7, 11) is 0. The van der Waals surface area contributed by atoms with Crippen LogP contribution in [0, 0.1) is 10.1 Å². The number of aromatic nitrogens is 3. The number of rotatable bonds is 5. The summed E-state index contributed by atoms with van der Waals surface area (Å²) in [5.74, 6) is 0.765. The van der Waals surface area contributed by atoms with Crippen LogP contribution >= 0.6 is 11.3 Å². The molecule has 4 aromatic rings. The molecular weight excluding hydrogens is 414 g/mol. The first-order chi connectivity index (χ1) is 15.0. The van der Waals surface area contributed by atoms with Crippen molar-refractivity contribution in [3.63, 3.8) is 0 Å². The number of nitro groups is 1. The summed E-state index contributed by atoms with van der Waals surface area (Å²) in [4.78, 5) is 18.9. The molecule has 0 fully saturated rings. The topological polar surface area (TPSA) is 96.8 Å². The van der Waals surface area contributed by atoms with Crippen molar-refractivity contribution in [2.45, 2.75) is 32.4 Å². The van der Waals surface area contributed by atoms with Gasteiger partial charge in [-0.3, -0.25) is 15.0 Å². The van der Waals surface area contributed by atoms with Gasteiger partial charge in [0.15, 0.2) is 5.82 Å². The molecule has 5 rings (SSSR count). The van der Waals surface area contributed by atoms with Crippen molar-refractivity contribution >= 4 is 22.0 Å². The Morgan fingerprint density at radius 1 is 1.19 bits per heavy atom. The normalized spacial score (nSPS) is 15.1. The van der Waals surface area contributed by atoms with Crippen molar-refractivity contribution in [1.82, 2.24) is 19.5 Å². The van der Waals surface area contributed by atoms with E-state index in [0.29, 0.717) is 17.2 Å². The fourth-order valence-corrected chi connectivity index (χ4v) is 5.30. The average Bonchev–Trinajstić information content (AvgIpc) is 3.33. The molecule has 0 bridgehead atoms. The highest BCUT2D eigenvalue weighted by Crippen LogP contribution is 2.41. The number of non-ortho nitro benzene ring substituents is 1. The molecule has 8 nitrogen and oxygen atoms in total. The van der Waals surface area contributed by atoms with Crippen molar-refractivity contribution < 1.29 is 10.0 Å². The molecule has 1 atom stereocenters. The number of hydrogen-bond donors (Lipinski definition) is 1. The van der Waals surface area contributed by atoms with Crippen LogP contribution in [0.25, 0.3) is 4.96 Å². The minimum absolute atomic E-state index is 0.0472. The Kier molecular flexibility index (Phi) is 4.91. The first-order valence-corrected chi connectivity index (χ1v) is 11.0. The van der Waals surface area contributed by atoms with Gasteiger partial charge in [-0.25, -0.2) is 4.98 Å². The zero-order valence-corrected chi connectivity index (χ0v) is 17.7. The lowest BCUT2D eigenvalue weighted by atomic mass is 9.95. The maximum absolute atomic E-state index is 11.1. The molecule has 2 aromatic carbocycles. The highest BCUT2D eigenvalue weighted by atomic mass is 32.1. The smallest absolute Gasteiger partial charge is 0.269 e. The first kappa shape index (κ1) is 19.7. The van der Waals surface area contributed by atoms with E-state index in [1.807, 2.05) is 13.0 Å². The Morgan fingerprint density at radius 2 is 1.94 bits per heavy atom. The van der Waals surface area contributed by atoms with Crippen LogP contribution in [0.5, 0.6) is 5.88 Å². The second-order valence-electron chi connectivity index (χ2n) is 7.61. The quantitative estimate of drug-likeness (QED) is 0.374. The lowest BCUT2D eigenvalue weighted by Gasteiger charge is -2.35. The van der Waals surface area contributed by atoms with E-state index in [1.165, 1.54) is 39.1 Å². The number of thiazole rings is 1. The molecule has 2 aromatic heterocycles. The predicted molar refractivity (Wildman–Crippen MR) is 117 cm³/mol. The van der Waals surface area contributed by atoms with Crippen LogP contribution in [0.4, 0.5) is 5.69 Å². The van der Waals surface area contributed by atoms with Crippen LogP contribution in [-0.4, -0.2) is 36.1 Å². The summed E-state index contributed by atoms with van der Waals surface area (Å²) in [6.07, 6.45) is 1.60. The van der Waals surface area contributed by atoms with Crippen molar-refractivity contribution in [2.24, 2.45) is 0 Å². The van der Waals surface area contributed by atoms with E-state index >= 15 is 0 Å². The van der Waals surface area contributed by atoms with Gasteiger partial charge in [0, 0.05) is 31.6 Å². The Morgan fingerprint density at radius 3 is 2.61 bits per heavy atom. The summed E-state index contributed by atoms with van der Waals surface area (Å²) in [6.45, 7) is 3.51.